The van der Waals surface area contributed by atoms with Crippen LogP contribution in [0.25, 0.3) is 0 Å². The summed E-state index contributed by atoms with van der Waals surface area (Å²) in [6.45, 7) is 4.22. The van der Waals surface area contributed by atoms with Gasteiger partial charge in [-0.15, -0.1) is 0 Å². The monoisotopic (exact) mass is 406 g/mol. The predicted octanol–water partition coefficient (Wildman–Crippen LogP) is 3.98. The van der Waals surface area contributed by atoms with Crippen molar-refractivity contribution >= 4 is 5.91 Å². The molecule has 1 amide bonds. The molecule has 0 radical (unpaired) electrons. The lowest BCUT2D eigenvalue weighted by Gasteiger charge is -2.54. The lowest BCUT2D eigenvalue weighted by Crippen LogP contribution is -2.60. The molecule has 0 saturated carbocycles. The van der Waals surface area contributed by atoms with Crippen molar-refractivity contribution in [2.24, 2.45) is 11.8 Å². The van der Waals surface area contributed by atoms with E-state index < -0.39 is 0 Å². The van der Waals surface area contributed by atoms with Crippen molar-refractivity contribution in [1.82, 2.24) is 9.80 Å². The van der Waals surface area contributed by atoms with Gasteiger partial charge in [0.05, 0.1) is 12.6 Å². The van der Waals surface area contributed by atoms with Gasteiger partial charge in [-0.1, -0.05) is 30.2 Å². The van der Waals surface area contributed by atoms with E-state index in [0.717, 1.165) is 50.1 Å². The summed E-state index contributed by atoms with van der Waals surface area (Å²) in [5, 5.41) is 0. The van der Waals surface area contributed by atoms with Crippen LogP contribution in [0.15, 0.2) is 29.8 Å². The van der Waals surface area contributed by atoms with Gasteiger partial charge in [0.2, 0.25) is 5.91 Å². The van der Waals surface area contributed by atoms with Crippen LogP contribution in [0.4, 0.5) is 0 Å². The van der Waals surface area contributed by atoms with Gasteiger partial charge in [0.1, 0.15) is 5.75 Å². The third kappa shape index (κ3) is 3.28. The smallest absolute Gasteiger partial charge is 0.223 e. The summed E-state index contributed by atoms with van der Waals surface area (Å²) in [4.78, 5) is 18.4. The second-order valence-electron chi connectivity index (χ2n) is 10.1. The van der Waals surface area contributed by atoms with Crippen molar-refractivity contribution in [1.29, 1.82) is 0 Å². The Labute approximate surface area is 180 Å². The molecule has 4 atom stereocenters. The number of amides is 1. The van der Waals surface area contributed by atoms with Crippen LogP contribution < -0.4 is 4.74 Å². The number of aryl methyl sites for hydroxylation is 1. The Kier molecular flexibility index (Phi) is 4.86. The number of likely N-dealkylation sites (tertiary alicyclic amines) is 1. The van der Waals surface area contributed by atoms with Gasteiger partial charge in [-0.2, -0.15) is 0 Å². The highest BCUT2D eigenvalue weighted by atomic mass is 16.5. The van der Waals surface area contributed by atoms with Crippen LogP contribution in [0.3, 0.4) is 0 Å². The second-order valence-corrected chi connectivity index (χ2v) is 10.1. The molecule has 4 heterocycles. The van der Waals surface area contributed by atoms with Crippen LogP contribution in [0.2, 0.25) is 0 Å². The Bertz CT molecular complexity index is 863. The molecule has 160 valence electrons. The Morgan fingerprint density at radius 1 is 1.13 bits per heavy atom. The molecule has 3 fully saturated rings. The highest BCUT2D eigenvalue weighted by Crippen LogP contribution is 2.45. The molecule has 1 aromatic rings. The van der Waals surface area contributed by atoms with E-state index in [-0.39, 0.29) is 0 Å². The number of carbonyl (C=O) groups excluding carboxylic acids is 1. The molecular weight excluding hydrogens is 372 g/mol. The minimum absolute atomic E-state index is 0.363. The van der Waals surface area contributed by atoms with Gasteiger partial charge >= 0.3 is 0 Å². The highest BCUT2D eigenvalue weighted by Gasteiger charge is 2.46. The molecule has 4 heteroatoms. The number of piperidine rings is 3. The average Bonchev–Trinajstić information content (AvgIpc) is 3.25. The fraction of sp³-hybridized carbons (Fsp3) is 0.654. The summed E-state index contributed by atoms with van der Waals surface area (Å²) in [5.74, 6) is 2.77. The van der Waals surface area contributed by atoms with Gasteiger partial charge in [0.15, 0.2) is 0 Å². The standard InChI is InChI=1S/C26H34N2O2/c29-25(9-7-18-6-8-24-19(14-18)10-13-30-24)28-12-3-4-20-15-21-16-22(26(20)28)17-27-11-2-1-5-23(21)27/h6,8,14-15,21-23,26H,1-5,7,9-13,16-17H2/t21?,22?,23-,26-/m1/s1. The summed E-state index contributed by atoms with van der Waals surface area (Å²) in [6, 6.07) is 7.63. The number of rotatable bonds is 3. The van der Waals surface area contributed by atoms with Crippen LogP contribution in [0, 0.1) is 11.8 Å². The molecule has 5 aliphatic rings. The zero-order chi connectivity index (χ0) is 20.1. The number of carbonyl (C=O) groups is 1. The van der Waals surface area contributed by atoms with Crippen molar-refractivity contribution in [3.05, 3.63) is 41.0 Å². The summed E-state index contributed by atoms with van der Waals surface area (Å²) in [7, 11) is 0. The molecule has 0 aromatic heterocycles. The van der Waals surface area contributed by atoms with Crippen molar-refractivity contribution in [3.8, 4) is 5.75 Å². The SMILES string of the molecule is O=C(CCc1ccc2c(c1)CCO2)N1CCCC2=CC3CC(CN4CCCC[C@H]34)[C@@H]21. The Balaban J connectivity index is 1.17. The predicted molar refractivity (Wildman–Crippen MR) is 118 cm³/mol. The second kappa shape index (κ2) is 7.71. The number of fused-ring (bicyclic) bond motifs is 7. The first-order valence-electron chi connectivity index (χ1n) is 12.2. The Morgan fingerprint density at radius 3 is 3.07 bits per heavy atom. The van der Waals surface area contributed by atoms with E-state index in [4.69, 9.17) is 4.74 Å². The van der Waals surface area contributed by atoms with E-state index in [1.165, 1.54) is 56.3 Å². The van der Waals surface area contributed by atoms with Crippen molar-refractivity contribution in [2.75, 3.05) is 26.2 Å². The molecule has 3 saturated heterocycles. The van der Waals surface area contributed by atoms with Crippen LogP contribution >= 0.6 is 0 Å². The van der Waals surface area contributed by atoms with E-state index in [0.29, 0.717) is 24.3 Å². The summed E-state index contributed by atoms with van der Waals surface area (Å²) < 4.78 is 5.62. The topological polar surface area (TPSA) is 32.8 Å². The number of hydrogen-bond donors (Lipinski definition) is 0. The molecule has 1 aliphatic carbocycles. The van der Waals surface area contributed by atoms with E-state index >= 15 is 0 Å². The van der Waals surface area contributed by atoms with Crippen molar-refractivity contribution in [3.63, 3.8) is 0 Å². The minimum Gasteiger partial charge on any atom is -0.493 e. The first-order chi connectivity index (χ1) is 14.8. The fourth-order valence-electron chi connectivity index (χ4n) is 7.04. The van der Waals surface area contributed by atoms with E-state index in [1.807, 2.05) is 0 Å². The zero-order valence-corrected chi connectivity index (χ0v) is 18.0. The average molecular weight is 407 g/mol. The molecule has 0 N–H and O–H groups in total. The maximum Gasteiger partial charge on any atom is 0.223 e. The first kappa shape index (κ1) is 18.9. The lowest BCUT2D eigenvalue weighted by molar-refractivity contribution is -0.136. The molecule has 2 bridgehead atoms. The van der Waals surface area contributed by atoms with Gasteiger partial charge in [0.25, 0.3) is 0 Å². The summed E-state index contributed by atoms with van der Waals surface area (Å²) >= 11 is 0. The van der Waals surface area contributed by atoms with Gasteiger partial charge < -0.3 is 9.64 Å². The Hall–Kier alpha value is -1.81. The number of benzene rings is 1. The fourth-order valence-corrected chi connectivity index (χ4v) is 7.04. The molecule has 1 aromatic carbocycles. The lowest BCUT2D eigenvalue weighted by atomic mass is 9.68. The quantitative estimate of drug-likeness (QED) is 0.712. The normalized spacial score (nSPS) is 32.5. The van der Waals surface area contributed by atoms with E-state index in [1.54, 1.807) is 5.57 Å². The number of ether oxygens (including phenoxy) is 1. The molecule has 6 rings (SSSR count). The molecule has 2 unspecified atom stereocenters. The molecular formula is C26H34N2O2. The summed E-state index contributed by atoms with van der Waals surface area (Å²) in [5.41, 5.74) is 4.17. The zero-order valence-electron chi connectivity index (χ0n) is 18.0. The van der Waals surface area contributed by atoms with E-state index in [2.05, 4.69) is 34.1 Å². The molecule has 4 aliphatic heterocycles. The third-order valence-corrected chi connectivity index (χ3v) is 8.36. The molecule has 30 heavy (non-hydrogen) atoms. The largest absolute Gasteiger partial charge is 0.493 e. The highest BCUT2D eigenvalue weighted by molar-refractivity contribution is 5.77. The molecule has 4 nitrogen and oxygen atoms in total. The first-order valence-corrected chi connectivity index (χ1v) is 12.2. The van der Waals surface area contributed by atoms with E-state index in [9.17, 15) is 4.79 Å². The molecule has 0 spiro atoms. The maximum atomic E-state index is 13.4. The number of hydrogen-bond acceptors (Lipinski definition) is 3. The van der Waals surface area contributed by atoms with Crippen molar-refractivity contribution < 1.29 is 9.53 Å². The van der Waals surface area contributed by atoms with Gasteiger partial charge in [-0.05, 0) is 74.1 Å². The number of nitrogens with zero attached hydrogens (tertiary/aromatic N) is 2. The van der Waals surface area contributed by atoms with Crippen molar-refractivity contribution in [2.45, 2.75) is 69.9 Å². The van der Waals surface area contributed by atoms with Crippen LogP contribution in [-0.4, -0.2) is 54.0 Å². The van der Waals surface area contributed by atoms with Crippen LogP contribution in [-0.2, 0) is 17.6 Å². The minimum atomic E-state index is 0.363. The third-order valence-electron chi connectivity index (χ3n) is 8.36. The maximum absolute atomic E-state index is 13.4. The van der Waals surface area contributed by atoms with Gasteiger partial charge in [-0.25, -0.2) is 0 Å². The van der Waals surface area contributed by atoms with Crippen LogP contribution in [0.5, 0.6) is 5.75 Å². The summed E-state index contributed by atoms with van der Waals surface area (Å²) in [6.07, 6.45) is 12.9. The van der Waals surface area contributed by atoms with Crippen LogP contribution in [0.1, 0.15) is 56.1 Å². The van der Waals surface area contributed by atoms with Gasteiger partial charge in [0, 0.05) is 32.0 Å². The Morgan fingerprint density at radius 2 is 2.10 bits per heavy atom. The van der Waals surface area contributed by atoms with Gasteiger partial charge in [-0.3, -0.25) is 9.69 Å².